The fourth-order valence-electron chi connectivity index (χ4n) is 1.97. The average molecular weight is 324 g/mol. The molecule has 3 unspecified atom stereocenters. The van der Waals surface area contributed by atoms with Gasteiger partial charge in [0, 0.05) is 10.0 Å². The molecular weight excluding hydrogens is 311 g/mol. The van der Waals surface area contributed by atoms with Gasteiger partial charge in [-0.25, -0.2) is 0 Å². The van der Waals surface area contributed by atoms with E-state index in [-0.39, 0.29) is 10.9 Å². The molecule has 0 aromatic heterocycles. The third kappa shape index (κ3) is 2.73. The van der Waals surface area contributed by atoms with Gasteiger partial charge in [-0.3, -0.25) is 0 Å². The van der Waals surface area contributed by atoms with E-state index in [4.69, 9.17) is 27.9 Å². The lowest BCUT2D eigenvalue weighted by atomic mass is 10.1. The van der Waals surface area contributed by atoms with Gasteiger partial charge in [0.2, 0.25) is 0 Å². The van der Waals surface area contributed by atoms with Crippen molar-refractivity contribution in [3.8, 4) is 0 Å². The van der Waals surface area contributed by atoms with Gasteiger partial charge in [0.15, 0.2) is 0 Å². The van der Waals surface area contributed by atoms with Crippen LogP contribution in [0, 0.1) is 0 Å². The monoisotopic (exact) mass is 322 g/mol. The zero-order valence-corrected chi connectivity index (χ0v) is 12.0. The van der Waals surface area contributed by atoms with Gasteiger partial charge in [-0.05, 0) is 37.5 Å². The van der Waals surface area contributed by atoms with Crippen LogP contribution < -0.4 is 0 Å². The molecule has 1 heterocycles. The maximum Gasteiger partial charge on any atom is 0.0746 e. The van der Waals surface area contributed by atoms with E-state index in [0.29, 0.717) is 16.1 Å². The molecule has 1 fully saturated rings. The fourth-order valence-corrected chi connectivity index (χ4v) is 3.42. The molecule has 0 radical (unpaired) electrons. The summed E-state index contributed by atoms with van der Waals surface area (Å²) in [5, 5.41) is 1.35. The summed E-state index contributed by atoms with van der Waals surface area (Å²) in [5.41, 5.74) is 1.05. The largest absolute Gasteiger partial charge is 0.374 e. The molecule has 0 spiro atoms. The summed E-state index contributed by atoms with van der Waals surface area (Å²) in [4.78, 5) is 0.141. The molecule has 0 bridgehead atoms. The molecular formula is C12H13BrCl2O. The summed E-state index contributed by atoms with van der Waals surface area (Å²) in [7, 11) is 0. The Bertz CT molecular complexity index is 383. The summed E-state index contributed by atoms with van der Waals surface area (Å²) in [5.74, 6) is 0. The van der Waals surface area contributed by atoms with E-state index in [2.05, 4.69) is 22.9 Å². The first-order chi connectivity index (χ1) is 7.58. The van der Waals surface area contributed by atoms with Crippen LogP contribution in [0.25, 0.3) is 0 Å². The Morgan fingerprint density at radius 2 is 2.12 bits per heavy atom. The number of ether oxygens (including phenoxy) is 1. The maximum atomic E-state index is 6.17. The van der Waals surface area contributed by atoms with E-state index < -0.39 is 0 Å². The SMILES string of the molecule is CC1CCC(C(Br)c2ccc(Cl)cc2Cl)O1. The van der Waals surface area contributed by atoms with Crippen LogP contribution in [-0.4, -0.2) is 12.2 Å². The first-order valence-electron chi connectivity index (χ1n) is 5.32. The molecule has 3 atom stereocenters. The zero-order chi connectivity index (χ0) is 11.7. The van der Waals surface area contributed by atoms with Gasteiger partial charge in [0.25, 0.3) is 0 Å². The van der Waals surface area contributed by atoms with E-state index in [1.807, 2.05) is 12.1 Å². The highest BCUT2D eigenvalue weighted by Crippen LogP contribution is 2.39. The fraction of sp³-hybridized carbons (Fsp3) is 0.500. The molecule has 0 saturated carbocycles. The Morgan fingerprint density at radius 1 is 1.38 bits per heavy atom. The molecule has 1 aliphatic heterocycles. The van der Waals surface area contributed by atoms with Crippen molar-refractivity contribution in [2.24, 2.45) is 0 Å². The molecule has 0 N–H and O–H groups in total. The lowest BCUT2D eigenvalue weighted by Gasteiger charge is -2.19. The van der Waals surface area contributed by atoms with Gasteiger partial charge in [-0.1, -0.05) is 45.2 Å². The molecule has 4 heteroatoms. The summed E-state index contributed by atoms with van der Waals surface area (Å²) in [6, 6.07) is 5.58. The van der Waals surface area contributed by atoms with Crippen molar-refractivity contribution in [1.29, 1.82) is 0 Å². The minimum Gasteiger partial charge on any atom is -0.374 e. The Hall–Kier alpha value is 0.240. The van der Waals surface area contributed by atoms with Crippen LogP contribution in [0.15, 0.2) is 18.2 Å². The summed E-state index contributed by atoms with van der Waals surface area (Å²) in [6.07, 6.45) is 2.72. The second-order valence-corrected chi connectivity index (χ2v) is 5.96. The topological polar surface area (TPSA) is 9.23 Å². The molecule has 0 aliphatic carbocycles. The molecule has 0 amide bonds. The summed E-state index contributed by atoms with van der Waals surface area (Å²) < 4.78 is 5.82. The highest BCUT2D eigenvalue weighted by atomic mass is 79.9. The van der Waals surface area contributed by atoms with Crippen molar-refractivity contribution >= 4 is 39.1 Å². The highest BCUT2D eigenvalue weighted by Gasteiger charge is 2.29. The van der Waals surface area contributed by atoms with Crippen molar-refractivity contribution in [1.82, 2.24) is 0 Å². The Balaban J connectivity index is 2.17. The lowest BCUT2D eigenvalue weighted by molar-refractivity contribution is 0.0557. The standard InChI is InChI=1S/C12H13BrCl2O/c1-7-2-5-11(16-7)12(13)9-4-3-8(14)6-10(9)15/h3-4,6-7,11-12H,2,5H2,1H3. The summed E-state index contributed by atoms with van der Waals surface area (Å²) >= 11 is 15.7. The minimum atomic E-state index is 0.141. The van der Waals surface area contributed by atoms with E-state index in [0.717, 1.165) is 18.4 Å². The van der Waals surface area contributed by atoms with E-state index in [1.165, 1.54) is 0 Å². The van der Waals surface area contributed by atoms with E-state index in [1.54, 1.807) is 6.07 Å². The average Bonchev–Trinajstić information content (AvgIpc) is 2.64. The van der Waals surface area contributed by atoms with E-state index in [9.17, 15) is 0 Å². The Labute approximate surface area is 114 Å². The molecule has 1 saturated heterocycles. The van der Waals surface area contributed by atoms with Crippen LogP contribution >= 0.6 is 39.1 Å². The number of hydrogen-bond acceptors (Lipinski definition) is 1. The van der Waals surface area contributed by atoms with Gasteiger partial charge in [-0.2, -0.15) is 0 Å². The van der Waals surface area contributed by atoms with Crippen LogP contribution in [0.3, 0.4) is 0 Å². The van der Waals surface area contributed by atoms with Crippen LogP contribution in [0.2, 0.25) is 10.0 Å². The predicted molar refractivity (Wildman–Crippen MR) is 71.7 cm³/mol. The Kier molecular flexibility index (Phi) is 4.17. The van der Waals surface area contributed by atoms with Crippen molar-refractivity contribution in [3.05, 3.63) is 33.8 Å². The van der Waals surface area contributed by atoms with Crippen molar-refractivity contribution in [2.45, 2.75) is 36.8 Å². The van der Waals surface area contributed by atoms with Crippen LogP contribution in [-0.2, 0) is 4.74 Å². The zero-order valence-electron chi connectivity index (χ0n) is 8.92. The number of alkyl halides is 1. The predicted octanol–water partition coefficient (Wildman–Crippen LogP) is 5.00. The third-order valence-electron chi connectivity index (χ3n) is 2.85. The quantitative estimate of drug-likeness (QED) is 0.696. The Morgan fingerprint density at radius 3 is 2.69 bits per heavy atom. The van der Waals surface area contributed by atoms with Gasteiger partial charge in [0.1, 0.15) is 0 Å². The molecule has 16 heavy (non-hydrogen) atoms. The van der Waals surface area contributed by atoms with Crippen molar-refractivity contribution in [3.63, 3.8) is 0 Å². The molecule has 1 nitrogen and oxygen atoms in total. The van der Waals surface area contributed by atoms with E-state index >= 15 is 0 Å². The maximum absolute atomic E-state index is 6.17. The van der Waals surface area contributed by atoms with Crippen LogP contribution in [0.1, 0.15) is 30.2 Å². The molecule has 88 valence electrons. The molecule has 1 aliphatic rings. The second kappa shape index (κ2) is 5.26. The van der Waals surface area contributed by atoms with Crippen molar-refractivity contribution in [2.75, 3.05) is 0 Å². The van der Waals surface area contributed by atoms with Crippen LogP contribution in [0.4, 0.5) is 0 Å². The number of rotatable bonds is 2. The van der Waals surface area contributed by atoms with Gasteiger partial charge in [0.05, 0.1) is 17.0 Å². The van der Waals surface area contributed by atoms with Gasteiger partial charge in [-0.15, -0.1) is 0 Å². The normalized spacial score (nSPS) is 27.0. The smallest absolute Gasteiger partial charge is 0.0746 e. The first-order valence-corrected chi connectivity index (χ1v) is 6.99. The molecule has 1 aromatic carbocycles. The molecule has 2 rings (SSSR count). The van der Waals surface area contributed by atoms with Crippen LogP contribution in [0.5, 0.6) is 0 Å². The number of benzene rings is 1. The highest BCUT2D eigenvalue weighted by molar-refractivity contribution is 9.09. The number of halogens is 3. The summed E-state index contributed by atoms with van der Waals surface area (Å²) in [6.45, 7) is 2.10. The second-order valence-electron chi connectivity index (χ2n) is 4.13. The lowest BCUT2D eigenvalue weighted by Crippen LogP contribution is -2.14. The van der Waals surface area contributed by atoms with Gasteiger partial charge < -0.3 is 4.74 Å². The first kappa shape index (κ1) is 12.7. The third-order valence-corrected chi connectivity index (χ3v) is 4.50. The van der Waals surface area contributed by atoms with Crippen molar-refractivity contribution < 1.29 is 4.74 Å². The molecule has 1 aromatic rings. The number of hydrogen-bond donors (Lipinski definition) is 0. The minimum absolute atomic E-state index is 0.141. The van der Waals surface area contributed by atoms with Gasteiger partial charge >= 0.3 is 0 Å².